The number of hydrazone groups is 1. The molecule has 1 amide bonds. The molecule has 0 bridgehead atoms. The van der Waals surface area contributed by atoms with E-state index in [1.54, 1.807) is 24.3 Å². The summed E-state index contributed by atoms with van der Waals surface area (Å²) in [4.78, 5) is 22.9. The molecule has 0 aliphatic rings. The molecule has 0 aliphatic heterocycles. The molecule has 2 heterocycles. The molecular formula is C21H13BrIN3O5. The van der Waals surface area contributed by atoms with Crippen LogP contribution in [0.4, 0.5) is 5.69 Å². The van der Waals surface area contributed by atoms with E-state index in [1.807, 2.05) is 19.1 Å². The first-order valence-electron chi connectivity index (χ1n) is 8.89. The largest absolute Gasteiger partial charge is 0.455 e. The van der Waals surface area contributed by atoms with Crippen LogP contribution in [0, 0.1) is 20.6 Å². The Morgan fingerprint density at radius 3 is 2.77 bits per heavy atom. The van der Waals surface area contributed by atoms with Gasteiger partial charge in [0.15, 0.2) is 5.76 Å². The quantitative estimate of drug-likeness (QED) is 0.131. The molecule has 4 aromatic rings. The summed E-state index contributed by atoms with van der Waals surface area (Å²) in [5, 5.41) is 15.7. The van der Waals surface area contributed by atoms with E-state index in [-0.39, 0.29) is 11.4 Å². The van der Waals surface area contributed by atoms with Gasteiger partial charge in [0.1, 0.15) is 17.1 Å². The highest BCUT2D eigenvalue weighted by molar-refractivity contribution is 14.1. The number of nitro benzene ring substituents is 1. The molecule has 156 valence electrons. The van der Waals surface area contributed by atoms with Gasteiger partial charge in [0.25, 0.3) is 5.69 Å². The van der Waals surface area contributed by atoms with Crippen LogP contribution in [0.25, 0.3) is 22.3 Å². The molecule has 4 rings (SSSR count). The predicted molar refractivity (Wildman–Crippen MR) is 127 cm³/mol. The maximum atomic E-state index is 12.3. The summed E-state index contributed by atoms with van der Waals surface area (Å²) in [5.74, 6) is 0.479. The third kappa shape index (κ3) is 4.54. The Morgan fingerprint density at radius 2 is 2.00 bits per heavy atom. The smallest absolute Gasteiger partial charge is 0.307 e. The fraction of sp³-hybridized carbons (Fsp3) is 0.0476. The molecule has 0 aliphatic carbocycles. The van der Waals surface area contributed by atoms with Gasteiger partial charge in [0.05, 0.1) is 14.7 Å². The number of halogens is 2. The molecule has 31 heavy (non-hydrogen) atoms. The number of non-ortho nitro benzene ring substituents is 1. The van der Waals surface area contributed by atoms with E-state index in [9.17, 15) is 14.9 Å². The highest BCUT2D eigenvalue weighted by Crippen LogP contribution is 2.30. The van der Waals surface area contributed by atoms with Gasteiger partial charge in [0, 0.05) is 27.6 Å². The number of carbonyl (C=O) groups is 1. The van der Waals surface area contributed by atoms with Crippen molar-refractivity contribution < 1.29 is 18.6 Å². The van der Waals surface area contributed by atoms with Gasteiger partial charge in [-0.25, -0.2) is 5.43 Å². The lowest BCUT2D eigenvalue weighted by molar-refractivity contribution is -0.384. The number of nitro groups is 1. The van der Waals surface area contributed by atoms with E-state index in [0.29, 0.717) is 22.7 Å². The molecular weight excluding hydrogens is 581 g/mol. The van der Waals surface area contributed by atoms with Gasteiger partial charge in [-0.2, -0.15) is 5.10 Å². The first-order chi connectivity index (χ1) is 14.8. The van der Waals surface area contributed by atoms with Crippen molar-refractivity contribution in [2.75, 3.05) is 0 Å². The van der Waals surface area contributed by atoms with Crippen LogP contribution in [-0.2, 0) is 0 Å². The number of aryl methyl sites for hydroxylation is 1. The van der Waals surface area contributed by atoms with E-state index < -0.39 is 10.8 Å². The average molecular weight is 594 g/mol. The lowest BCUT2D eigenvalue weighted by Crippen LogP contribution is -2.16. The van der Waals surface area contributed by atoms with Gasteiger partial charge in [0.2, 0.25) is 0 Å². The van der Waals surface area contributed by atoms with Crippen LogP contribution in [0.15, 0.2) is 66.9 Å². The fourth-order valence-corrected chi connectivity index (χ4v) is 4.61. The summed E-state index contributed by atoms with van der Waals surface area (Å²) in [6, 6.07) is 13.3. The standard InChI is InChI=1S/C21H13BrIN3O5/c1-11-2-3-14(26(28)29)9-16(11)18-5-4-15(30-18)10-24-25-21(27)19-7-12-6-13(22)8-17(23)20(12)31-19/h2-10H,1H3,(H,25,27)/b24-10-. The Kier molecular flexibility index (Phi) is 5.92. The van der Waals surface area contributed by atoms with Crippen molar-refractivity contribution in [1.29, 1.82) is 0 Å². The molecule has 0 saturated carbocycles. The highest BCUT2D eigenvalue weighted by Gasteiger charge is 2.15. The fourth-order valence-electron chi connectivity index (χ4n) is 2.95. The summed E-state index contributed by atoms with van der Waals surface area (Å²) in [5.41, 5.74) is 4.45. The van der Waals surface area contributed by atoms with Crippen molar-refractivity contribution >= 4 is 67.3 Å². The Morgan fingerprint density at radius 1 is 1.19 bits per heavy atom. The SMILES string of the molecule is Cc1ccc([N+](=O)[O-])cc1-c1ccc(/C=N\NC(=O)c2cc3cc(Br)cc(I)c3o2)o1. The maximum Gasteiger partial charge on any atom is 0.307 e. The van der Waals surface area contributed by atoms with Gasteiger partial charge >= 0.3 is 5.91 Å². The summed E-state index contributed by atoms with van der Waals surface area (Å²) in [7, 11) is 0. The zero-order valence-electron chi connectivity index (χ0n) is 15.9. The molecule has 1 N–H and O–H groups in total. The van der Waals surface area contributed by atoms with E-state index in [4.69, 9.17) is 8.83 Å². The van der Waals surface area contributed by atoms with Gasteiger partial charge in [-0.3, -0.25) is 14.9 Å². The number of hydrogen-bond donors (Lipinski definition) is 1. The first-order valence-corrected chi connectivity index (χ1v) is 10.8. The van der Waals surface area contributed by atoms with E-state index in [1.165, 1.54) is 18.3 Å². The topological polar surface area (TPSA) is 111 Å². The van der Waals surface area contributed by atoms with E-state index in [2.05, 4.69) is 49.0 Å². The number of amides is 1. The minimum Gasteiger partial charge on any atom is -0.455 e. The van der Waals surface area contributed by atoms with Crippen LogP contribution in [0.5, 0.6) is 0 Å². The van der Waals surface area contributed by atoms with Crippen molar-refractivity contribution in [3.63, 3.8) is 0 Å². The van der Waals surface area contributed by atoms with Crippen molar-refractivity contribution in [2.45, 2.75) is 6.92 Å². The van der Waals surface area contributed by atoms with Crippen LogP contribution in [0.1, 0.15) is 21.9 Å². The minimum absolute atomic E-state index is 0.0213. The minimum atomic E-state index is -0.499. The predicted octanol–water partition coefficient (Wildman–Crippen LogP) is 6.04. The van der Waals surface area contributed by atoms with Crippen molar-refractivity contribution in [3.8, 4) is 11.3 Å². The summed E-state index contributed by atoms with van der Waals surface area (Å²) < 4.78 is 13.1. The Hall–Kier alpha value is -2.99. The summed E-state index contributed by atoms with van der Waals surface area (Å²) in [6.07, 6.45) is 1.34. The van der Waals surface area contributed by atoms with Crippen molar-refractivity contribution in [3.05, 3.63) is 83.8 Å². The third-order valence-electron chi connectivity index (χ3n) is 4.44. The van der Waals surface area contributed by atoms with Gasteiger partial charge in [-0.1, -0.05) is 22.0 Å². The Labute approximate surface area is 197 Å². The third-order valence-corrected chi connectivity index (χ3v) is 5.70. The number of nitrogens with zero attached hydrogens (tertiary/aromatic N) is 2. The van der Waals surface area contributed by atoms with Crippen LogP contribution >= 0.6 is 38.5 Å². The molecule has 8 nitrogen and oxygen atoms in total. The molecule has 0 spiro atoms. The molecule has 0 saturated heterocycles. The number of rotatable bonds is 5. The second-order valence-corrected chi connectivity index (χ2v) is 8.65. The molecule has 0 radical (unpaired) electrons. The lowest BCUT2D eigenvalue weighted by Gasteiger charge is -2.02. The molecule has 0 fully saturated rings. The first kappa shape index (κ1) is 21.2. The zero-order valence-corrected chi connectivity index (χ0v) is 19.6. The average Bonchev–Trinajstić information content (AvgIpc) is 3.35. The number of carbonyl (C=O) groups excluding carboxylic acids is 1. The molecule has 0 unspecified atom stereocenters. The van der Waals surface area contributed by atoms with Crippen LogP contribution < -0.4 is 5.43 Å². The van der Waals surface area contributed by atoms with Crippen molar-refractivity contribution in [1.82, 2.24) is 5.43 Å². The number of nitrogens with one attached hydrogen (secondary N) is 1. The van der Waals surface area contributed by atoms with Crippen LogP contribution in [0.2, 0.25) is 0 Å². The summed E-state index contributed by atoms with van der Waals surface area (Å²) in [6.45, 7) is 1.84. The van der Waals surface area contributed by atoms with Crippen LogP contribution in [0.3, 0.4) is 0 Å². The lowest BCUT2D eigenvalue weighted by atomic mass is 10.1. The van der Waals surface area contributed by atoms with Gasteiger partial charge in [-0.05, 0) is 65.4 Å². The van der Waals surface area contributed by atoms with Crippen LogP contribution in [-0.4, -0.2) is 17.0 Å². The number of furan rings is 2. The Balaban J connectivity index is 1.49. The van der Waals surface area contributed by atoms with E-state index in [0.717, 1.165) is 19.0 Å². The second-order valence-electron chi connectivity index (χ2n) is 6.57. The molecule has 10 heteroatoms. The van der Waals surface area contributed by atoms with Crippen molar-refractivity contribution in [2.24, 2.45) is 5.10 Å². The highest BCUT2D eigenvalue weighted by atomic mass is 127. The second kappa shape index (κ2) is 8.63. The molecule has 0 atom stereocenters. The van der Waals surface area contributed by atoms with Gasteiger partial charge in [-0.15, -0.1) is 0 Å². The Bertz CT molecular complexity index is 1360. The normalized spacial score (nSPS) is 11.3. The zero-order chi connectivity index (χ0) is 22.1. The van der Waals surface area contributed by atoms with Gasteiger partial charge < -0.3 is 8.83 Å². The molecule has 2 aromatic carbocycles. The monoisotopic (exact) mass is 593 g/mol. The number of hydrogen-bond acceptors (Lipinski definition) is 6. The maximum absolute atomic E-state index is 12.3. The van der Waals surface area contributed by atoms with E-state index >= 15 is 0 Å². The number of fused-ring (bicyclic) bond motifs is 1. The molecule has 2 aromatic heterocycles. The summed E-state index contributed by atoms with van der Waals surface area (Å²) >= 11 is 5.55. The number of benzene rings is 2.